The van der Waals surface area contributed by atoms with Crippen molar-refractivity contribution in [1.82, 2.24) is 19.1 Å². The lowest BCUT2D eigenvalue weighted by Gasteiger charge is -2.15. The van der Waals surface area contributed by atoms with E-state index >= 15 is 0 Å². The average Bonchev–Trinajstić information content (AvgIpc) is 2.98. The monoisotopic (exact) mass is 292 g/mol. The largest absolute Gasteiger partial charge is 0.335 e. The van der Waals surface area contributed by atoms with Crippen molar-refractivity contribution in [2.24, 2.45) is 0 Å². The highest BCUT2D eigenvalue weighted by Gasteiger charge is 2.26. The Morgan fingerprint density at radius 3 is 2.80 bits per heavy atom. The Labute approximate surface area is 123 Å². The first-order valence-electron chi connectivity index (χ1n) is 6.79. The number of aryl methyl sites for hydroxylation is 1. The number of nitrogens with zero attached hydrogens (tertiary/aromatic N) is 4. The third kappa shape index (κ3) is 3.12. The second-order valence-electron chi connectivity index (χ2n) is 5.84. The summed E-state index contributed by atoms with van der Waals surface area (Å²) in [6.45, 7) is 9.11. The number of Topliss-reactive ketones (excluding diaryl/α,β-unsaturated/α-hetero) is 1. The van der Waals surface area contributed by atoms with E-state index in [-0.39, 0.29) is 11.2 Å². The summed E-state index contributed by atoms with van der Waals surface area (Å²) in [4.78, 5) is 17.4. The molecule has 20 heavy (non-hydrogen) atoms. The quantitative estimate of drug-likeness (QED) is 0.795. The summed E-state index contributed by atoms with van der Waals surface area (Å²) in [7, 11) is 0. The summed E-state index contributed by atoms with van der Waals surface area (Å²) in [6.07, 6.45) is 4.99. The number of hydrogen-bond donors (Lipinski definition) is 0. The fourth-order valence-corrected chi connectivity index (χ4v) is 2.85. The second kappa shape index (κ2) is 5.83. The van der Waals surface area contributed by atoms with Gasteiger partial charge in [0.2, 0.25) is 0 Å². The number of rotatable bonds is 5. The first-order chi connectivity index (χ1) is 9.43. The van der Waals surface area contributed by atoms with Gasteiger partial charge < -0.3 is 4.57 Å². The maximum atomic E-state index is 12.5. The van der Waals surface area contributed by atoms with Crippen molar-refractivity contribution in [2.45, 2.75) is 52.5 Å². The van der Waals surface area contributed by atoms with Crippen molar-refractivity contribution in [3.05, 3.63) is 28.8 Å². The first kappa shape index (κ1) is 14.8. The van der Waals surface area contributed by atoms with Crippen LogP contribution in [0.15, 0.2) is 12.4 Å². The van der Waals surface area contributed by atoms with Gasteiger partial charge in [-0.2, -0.15) is 0 Å². The zero-order chi connectivity index (χ0) is 14.8. The van der Waals surface area contributed by atoms with E-state index in [0.29, 0.717) is 11.3 Å². The number of carbonyl (C=O) groups is 1. The maximum absolute atomic E-state index is 12.5. The highest BCUT2D eigenvalue weighted by molar-refractivity contribution is 7.08. The van der Waals surface area contributed by atoms with Gasteiger partial charge in [-0.15, -0.1) is 5.10 Å². The molecule has 0 aromatic carbocycles. The van der Waals surface area contributed by atoms with Gasteiger partial charge in [0.15, 0.2) is 5.78 Å². The molecule has 0 amide bonds. The van der Waals surface area contributed by atoms with Crippen LogP contribution >= 0.6 is 11.5 Å². The number of carbonyl (C=O) groups excluding carboxylic acids is 1. The molecule has 0 aliphatic heterocycles. The SMILES string of the molecule is CCCn1ccnc1CC(=O)c1snnc1C(C)(C)C. The molecule has 0 unspecified atom stereocenters. The van der Waals surface area contributed by atoms with E-state index in [9.17, 15) is 4.79 Å². The van der Waals surface area contributed by atoms with Crippen LogP contribution in [-0.4, -0.2) is 24.9 Å². The summed E-state index contributed by atoms with van der Waals surface area (Å²) in [6, 6.07) is 0. The van der Waals surface area contributed by atoms with E-state index < -0.39 is 0 Å². The van der Waals surface area contributed by atoms with Crippen LogP contribution in [0.25, 0.3) is 0 Å². The van der Waals surface area contributed by atoms with Gasteiger partial charge in [-0.1, -0.05) is 32.2 Å². The number of imidazole rings is 1. The van der Waals surface area contributed by atoms with Crippen molar-refractivity contribution in [1.29, 1.82) is 0 Å². The Balaban J connectivity index is 2.21. The number of ketones is 1. The van der Waals surface area contributed by atoms with Gasteiger partial charge in [0, 0.05) is 24.4 Å². The Kier molecular flexibility index (Phi) is 4.32. The Morgan fingerprint density at radius 1 is 1.40 bits per heavy atom. The van der Waals surface area contributed by atoms with Crippen molar-refractivity contribution in [3.63, 3.8) is 0 Å². The lowest BCUT2D eigenvalue weighted by Crippen LogP contribution is -2.18. The van der Waals surface area contributed by atoms with Crippen LogP contribution in [0.4, 0.5) is 0 Å². The lowest BCUT2D eigenvalue weighted by molar-refractivity contribution is 0.0991. The minimum atomic E-state index is -0.170. The van der Waals surface area contributed by atoms with Gasteiger partial charge >= 0.3 is 0 Å². The molecule has 0 atom stereocenters. The molecule has 2 rings (SSSR count). The van der Waals surface area contributed by atoms with Crippen LogP contribution in [0.3, 0.4) is 0 Å². The molecule has 2 heterocycles. The van der Waals surface area contributed by atoms with Gasteiger partial charge in [-0.25, -0.2) is 4.98 Å². The molecule has 2 aromatic rings. The Morgan fingerprint density at radius 2 is 2.15 bits per heavy atom. The van der Waals surface area contributed by atoms with Crippen molar-refractivity contribution in [2.75, 3.05) is 0 Å². The lowest BCUT2D eigenvalue weighted by atomic mass is 9.90. The van der Waals surface area contributed by atoms with Crippen LogP contribution in [-0.2, 0) is 18.4 Å². The fraction of sp³-hybridized carbons (Fsp3) is 0.571. The summed E-state index contributed by atoms with van der Waals surface area (Å²) < 4.78 is 5.97. The van der Waals surface area contributed by atoms with Gasteiger partial charge in [0.25, 0.3) is 0 Å². The van der Waals surface area contributed by atoms with Gasteiger partial charge in [0.1, 0.15) is 10.7 Å². The molecule has 0 fully saturated rings. The van der Waals surface area contributed by atoms with Crippen LogP contribution in [0.1, 0.15) is 55.3 Å². The van der Waals surface area contributed by atoms with Crippen LogP contribution in [0.2, 0.25) is 0 Å². The van der Waals surface area contributed by atoms with E-state index in [1.54, 1.807) is 6.20 Å². The van der Waals surface area contributed by atoms with Crippen molar-refractivity contribution in [3.8, 4) is 0 Å². The van der Waals surface area contributed by atoms with Gasteiger partial charge in [0.05, 0.1) is 12.1 Å². The van der Waals surface area contributed by atoms with E-state index in [2.05, 4.69) is 21.5 Å². The molecule has 108 valence electrons. The predicted octanol–water partition coefficient (Wildman–Crippen LogP) is 2.87. The molecule has 0 aliphatic carbocycles. The molecule has 0 saturated heterocycles. The number of hydrogen-bond acceptors (Lipinski definition) is 5. The molecular weight excluding hydrogens is 272 g/mol. The Hall–Kier alpha value is -1.56. The molecule has 0 radical (unpaired) electrons. The first-order valence-corrected chi connectivity index (χ1v) is 7.57. The van der Waals surface area contributed by atoms with Gasteiger partial charge in [-0.05, 0) is 18.0 Å². The summed E-state index contributed by atoms with van der Waals surface area (Å²) in [5.41, 5.74) is 0.609. The van der Waals surface area contributed by atoms with E-state index in [1.165, 1.54) is 11.5 Å². The molecule has 0 saturated carbocycles. The topological polar surface area (TPSA) is 60.7 Å². The minimum Gasteiger partial charge on any atom is -0.335 e. The minimum absolute atomic E-state index is 0.0495. The number of aromatic nitrogens is 4. The third-order valence-corrected chi connectivity index (χ3v) is 3.80. The Bertz CT molecular complexity index is 594. The van der Waals surface area contributed by atoms with Crippen LogP contribution < -0.4 is 0 Å². The summed E-state index contributed by atoms with van der Waals surface area (Å²) in [5, 5.41) is 4.12. The molecule has 6 heteroatoms. The molecule has 2 aromatic heterocycles. The summed E-state index contributed by atoms with van der Waals surface area (Å²) >= 11 is 1.18. The molecule has 0 spiro atoms. The zero-order valence-corrected chi connectivity index (χ0v) is 13.2. The normalized spacial score (nSPS) is 11.8. The van der Waals surface area contributed by atoms with Crippen molar-refractivity contribution < 1.29 is 4.79 Å². The van der Waals surface area contributed by atoms with Crippen LogP contribution in [0, 0.1) is 0 Å². The second-order valence-corrected chi connectivity index (χ2v) is 6.59. The highest BCUT2D eigenvalue weighted by atomic mass is 32.1. The molecular formula is C14H20N4OS. The van der Waals surface area contributed by atoms with Crippen molar-refractivity contribution >= 4 is 17.3 Å². The van der Waals surface area contributed by atoms with Crippen LogP contribution in [0.5, 0.6) is 0 Å². The molecule has 0 N–H and O–H groups in total. The summed E-state index contributed by atoms with van der Waals surface area (Å²) in [5.74, 6) is 0.860. The average molecular weight is 292 g/mol. The van der Waals surface area contributed by atoms with Gasteiger partial charge in [-0.3, -0.25) is 4.79 Å². The third-order valence-electron chi connectivity index (χ3n) is 3.04. The molecule has 0 bridgehead atoms. The van der Waals surface area contributed by atoms with E-state index in [1.807, 2.05) is 31.5 Å². The standard InChI is InChI=1S/C14H20N4OS/c1-5-7-18-8-6-15-11(18)9-10(19)12-13(14(2,3)4)16-17-20-12/h6,8H,5,7,9H2,1-4H3. The maximum Gasteiger partial charge on any atom is 0.183 e. The zero-order valence-electron chi connectivity index (χ0n) is 12.4. The molecule has 5 nitrogen and oxygen atoms in total. The van der Waals surface area contributed by atoms with E-state index in [0.717, 1.165) is 24.5 Å². The predicted molar refractivity (Wildman–Crippen MR) is 79.2 cm³/mol. The fourth-order valence-electron chi connectivity index (χ4n) is 2.04. The van der Waals surface area contributed by atoms with E-state index in [4.69, 9.17) is 0 Å². The highest BCUT2D eigenvalue weighted by Crippen LogP contribution is 2.26. The molecule has 0 aliphatic rings. The smallest absolute Gasteiger partial charge is 0.183 e.